The summed E-state index contributed by atoms with van der Waals surface area (Å²) < 4.78 is 5.31. The predicted octanol–water partition coefficient (Wildman–Crippen LogP) is 4.63. The Morgan fingerprint density at radius 1 is 1.14 bits per heavy atom. The lowest BCUT2D eigenvalue weighted by Gasteiger charge is -2.30. The van der Waals surface area contributed by atoms with Crippen LogP contribution < -0.4 is 10.2 Å². The second kappa shape index (κ2) is 7.13. The van der Waals surface area contributed by atoms with E-state index < -0.39 is 0 Å². The van der Waals surface area contributed by atoms with E-state index in [0.717, 1.165) is 36.3 Å². The number of anilines is 2. The van der Waals surface area contributed by atoms with Gasteiger partial charge in [-0.2, -0.15) is 0 Å². The van der Waals surface area contributed by atoms with Crippen LogP contribution in [-0.2, 0) is 24.2 Å². The van der Waals surface area contributed by atoms with Gasteiger partial charge in [0.2, 0.25) is 5.91 Å². The van der Waals surface area contributed by atoms with Crippen LogP contribution >= 0.6 is 11.3 Å². The highest BCUT2D eigenvalue weighted by atomic mass is 32.1. The molecule has 0 saturated carbocycles. The standard InChI is InChI=1S/C22H19N3O2S/c26-22(13-18-16-5-1-4-8-20(16)27-24-18)23-17-6-2-3-7-19(17)25-11-9-21-15(14-25)10-12-28-21/h1-8,10,12H,9,11,13-14H2,(H,23,26). The normalized spacial score (nSPS) is 13.5. The van der Waals surface area contributed by atoms with Crippen LogP contribution in [0.4, 0.5) is 11.4 Å². The highest BCUT2D eigenvalue weighted by Gasteiger charge is 2.20. The summed E-state index contributed by atoms with van der Waals surface area (Å²) in [6, 6.07) is 17.8. The molecule has 1 aliphatic heterocycles. The van der Waals surface area contributed by atoms with E-state index in [-0.39, 0.29) is 12.3 Å². The van der Waals surface area contributed by atoms with Gasteiger partial charge in [-0.1, -0.05) is 29.4 Å². The number of carbonyl (C=O) groups excluding carboxylic acids is 1. The number of hydrogen-bond donors (Lipinski definition) is 1. The fraction of sp³-hybridized carbons (Fsp3) is 0.182. The number of carbonyl (C=O) groups is 1. The monoisotopic (exact) mass is 389 g/mol. The van der Waals surface area contributed by atoms with Gasteiger partial charge in [0.15, 0.2) is 5.58 Å². The fourth-order valence-corrected chi connectivity index (χ4v) is 4.61. The van der Waals surface area contributed by atoms with Gasteiger partial charge in [0.1, 0.15) is 5.69 Å². The molecule has 5 rings (SSSR count). The minimum absolute atomic E-state index is 0.0975. The van der Waals surface area contributed by atoms with Crippen molar-refractivity contribution in [3.05, 3.63) is 76.1 Å². The van der Waals surface area contributed by atoms with Gasteiger partial charge in [0, 0.05) is 23.4 Å². The van der Waals surface area contributed by atoms with Crippen molar-refractivity contribution < 1.29 is 9.32 Å². The number of fused-ring (bicyclic) bond motifs is 2. The molecule has 0 radical (unpaired) electrons. The molecule has 0 unspecified atom stereocenters. The third-order valence-corrected chi connectivity index (χ3v) is 6.13. The quantitative estimate of drug-likeness (QED) is 0.553. The maximum Gasteiger partial charge on any atom is 0.230 e. The maximum absolute atomic E-state index is 12.7. The Kier molecular flexibility index (Phi) is 4.33. The summed E-state index contributed by atoms with van der Waals surface area (Å²) in [5, 5.41) is 10.2. The first-order valence-electron chi connectivity index (χ1n) is 9.30. The zero-order chi connectivity index (χ0) is 18.9. The molecule has 28 heavy (non-hydrogen) atoms. The molecule has 0 fully saturated rings. The van der Waals surface area contributed by atoms with Gasteiger partial charge in [-0.3, -0.25) is 4.79 Å². The first kappa shape index (κ1) is 17.0. The number of rotatable bonds is 4. The van der Waals surface area contributed by atoms with Crippen LogP contribution in [0.5, 0.6) is 0 Å². The van der Waals surface area contributed by atoms with E-state index in [4.69, 9.17) is 4.52 Å². The lowest BCUT2D eigenvalue weighted by Crippen LogP contribution is -2.30. The number of aromatic nitrogens is 1. The minimum atomic E-state index is -0.0975. The molecule has 0 saturated heterocycles. The van der Waals surface area contributed by atoms with E-state index in [0.29, 0.717) is 11.3 Å². The van der Waals surface area contributed by atoms with Gasteiger partial charge in [-0.25, -0.2) is 0 Å². The number of thiophene rings is 1. The summed E-state index contributed by atoms with van der Waals surface area (Å²) >= 11 is 1.83. The minimum Gasteiger partial charge on any atom is -0.365 e. The van der Waals surface area contributed by atoms with E-state index in [1.807, 2.05) is 53.8 Å². The topological polar surface area (TPSA) is 58.4 Å². The second-order valence-corrected chi connectivity index (χ2v) is 7.91. The van der Waals surface area contributed by atoms with Crippen molar-refractivity contribution >= 4 is 39.6 Å². The highest BCUT2D eigenvalue weighted by molar-refractivity contribution is 7.10. The van der Waals surface area contributed by atoms with Crippen molar-refractivity contribution in [3.63, 3.8) is 0 Å². The SMILES string of the molecule is O=C(Cc1noc2ccccc12)Nc1ccccc1N1CCc2sccc2C1. The van der Waals surface area contributed by atoms with Gasteiger partial charge in [-0.05, 0) is 47.7 Å². The van der Waals surface area contributed by atoms with Crippen molar-refractivity contribution in [2.75, 3.05) is 16.8 Å². The number of nitrogens with zero attached hydrogens (tertiary/aromatic N) is 2. The average molecular weight is 389 g/mol. The summed E-state index contributed by atoms with van der Waals surface area (Å²) in [6.07, 6.45) is 1.22. The van der Waals surface area contributed by atoms with E-state index in [9.17, 15) is 4.79 Å². The van der Waals surface area contributed by atoms with E-state index in [2.05, 4.69) is 32.9 Å². The number of nitrogens with one attached hydrogen (secondary N) is 1. The van der Waals surface area contributed by atoms with Gasteiger partial charge in [0.05, 0.1) is 17.8 Å². The number of para-hydroxylation sites is 3. The van der Waals surface area contributed by atoms with Crippen LogP contribution in [0.25, 0.3) is 11.0 Å². The summed E-state index contributed by atoms with van der Waals surface area (Å²) in [5.74, 6) is -0.0975. The number of benzene rings is 2. The second-order valence-electron chi connectivity index (χ2n) is 6.91. The highest BCUT2D eigenvalue weighted by Crippen LogP contribution is 2.32. The van der Waals surface area contributed by atoms with Crippen molar-refractivity contribution in [2.45, 2.75) is 19.4 Å². The summed E-state index contributed by atoms with van der Waals surface area (Å²) in [6.45, 7) is 1.83. The molecule has 0 bridgehead atoms. The Morgan fingerprint density at radius 3 is 2.96 bits per heavy atom. The van der Waals surface area contributed by atoms with Gasteiger partial charge in [-0.15, -0.1) is 11.3 Å². The Balaban J connectivity index is 1.35. The van der Waals surface area contributed by atoms with Crippen molar-refractivity contribution in [3.8, 4) is 0 Å². The van der Waals surface area contributed by atoms with Crippen LogP contribution in [0.2, 0.25) is 0 Å². The van der Waals surface area contributed by atoms with E-state index in [1.54, 1.807) is 0 Å². The first-order chi connectivity index (χ1) is 13.8. The summed E-state index contributed by atoms with van der Waals surface area (Å²) in [4.78, 5) is 16.5. The summed E-state index contributed by atoms with van der Waals surface area (Å²) in [7, 11) is 0. The molecular formula is C22H19N3O2S. The Labute approximate surface area is 166 Å². The molecule has 2 aromatic heterocycles. The molecule has 1 aliphatic rings. The zero-order valence-electron chi connectivity index (χ0n) is 15.2. The van der Waals surface area contributed by atoms with E-state index >= 15 is 0 Å². The van der Waals surface area contributed by atoms with Crippen LogP contribution in [0, 0.1) is 0 Å². The molecule has 1 N–H and O–H groups in total. The lowest BCUT2D eigenvalue weighted by atomic mass is 10.1. The molecule has 1 amide bonds. The third-order valence-electron chi connectivity index (χ3n) is 5.11. The van der Waals surface area contributed by atoms with Gasteiger partial charge < -0.3 is 14.7 Å². The first-order valence-corrected chi connectivity index (χ1v) is 10.2. The van der Waals surface area contributed by atoms with Crippen molar-refractivity contribution in [1.82, 2.24) is 5.16 Å². The fourth-order valence-electron chi connectivity index (χ4n) is 3.72. The van der Waals surface area contributed by atoms with Crippen LogP contribution in [0.3, 0.4) is 0 Å². The Bertz CT molecular complexity index is 1150. The van der Waals surface area contributed by atoms with Gasteiger partial charge in [0.25, 0.3) is 0 Å². The molecule has 6 heteroatoms. The molecule has 140 valence electrons. The van der Waals surface area contributed by atoms with Crippen molar-refractivity contribution in [2.24, 2.45) is 0 Å². The van der Waals surface area contributed by atoms with Gasteiger partial charge >= 0.3 is 0 Å². The van der Waals surface area contributed by atoms with Crippen LogP contribution in [0.1, 0.15) is 16.1 Å². The Morgan fingerprint density at radius 2 is 2.00 bits per heavy atom. The van der Waals surface area contributed by atoms with Crippen LogP contribution in [0.15, 0.2) is 64.5 Å². The zero-order valence-corrected chi connectivity index (χ0v) is 16.0. The lowest BCUT2D eigenvalue weighted by molar-refractivity contribution is -0.115. The third kappa shape index (κ3) is 3.16. The largest absolute Gasteiger partial charge is 0.365 e. The summed E-state index contributed by atoms with van der Waals surface area (Å²) in [5.41, 5.74) is 4.63. The molecule has 5 nitrogen and oxygen atoms in total. The smallest absolute Gasteiger partial charge is 0.230 e. The Hall–Kier alpha value is -3.12. The van der Waals surface area contributed by atoms with E-state index in [1.165, 1.54) is 10.4 Å². The molecular weight excluding hydrogens is 370 g/mol. The average Bonchev–Trinajstić information content (AvgIpc) is 3.35. The van der Waals surface area contributed by atoms with Crippen LogP contribution in [-0.4, -0.2) is 17.6 Å². The number of hydrogen-bond acceptors (Lipinski definition) is 5. The molecule has 0 atom stereocenters. The number of amides is 1. The molecule has 0 aliphatic carbocycles. The molecule has 4 aromatic rings. The molecule has 3 heterocycles. The molecule has 2 aromatic carbocycles. The molecule has 0 spiro atoms. The predicted molar refractivity (Wildman–Crippen MR) is 112 cm³/mol. The maximum atomic E-state index is 12.7. The van der Waals surface area contributed by atoms with Crippen molar-refractivity contribution in [1.29, 1.82) is 0 Å².